The molecule has 4 heteroatoms. The van der Waals surface area contributed by atoms with Crippen LogP contribution in [0, 0.1) is 13.8 Å². The molecule has 0 N–H and O–H groups in total. The van der Waals surface area contributed by atoms with E-state index in [4.69, 9.17) is 0 Å². The molecule has 0 bridgehead atoms. The molecule has 0 saturated carbocycles. The largest absolute Gasteiger partial charge is 0.327 e. The summed E-state index contributed by atoms with van der Waals surface area (Å²) >= 11 is 0. The molecule has 0 spiro atoms. The summed E-state index contributed by atoms with van der Waals surface area (Å²) < 4.78 is 4.76. The Balaban J connectivity index is 1.29. The van der Waals surface area contributed by atoms with Crippen LogP contribution >= 0.6 is 0 Å². The first kappa shape index (κ1) is 18.2. The zero-order valence-corrected chi connectivity index (χ0v) is 17.3. The second-order valence-electron chi connectivity index (χ2n) is 8.22. The fraction of sp³-hybridized carbons (Fsp3) is 0.320. The lowest BCUT2D eigenvalue weighted by Crippen LogP contribution is -2.34. The summed E-state index contributed by atoms with van der Waals surface area (Å²) in [6.45, 7) is 7.75. The van der Waals surface area contributed by atoms with Crippen LogP contribution in [0.5, 0.6) is 0 Å². The van der Waals surface area contributed by atoms with Crippen molar-refractivity contribution in [2.24, 2.45) is 0 Å². The third kappa shape index (κ3) is 3.38. The molecule has 1 saturated heterocycles. The summed E-state index contributed by atoms with van der Waals surface area (Å²) in [6, 6.07) is 22.0. The van der Waals surface area contributed by atoms with Crippen molar-refractivity contribution in [2.45, 2.75) is 39.3 Å². The van der Waals surface area contributed by atoms with E-state index in [1.165, 1.54) is 41.0 Å². The molecule has 4 aromatic rings. The van der Waals surface area contributed by atoms with Crippen LogP contribution in [-0.2, 0) is 6.54 Å². The fourth-order valence-electron chi connectivity index (χ4n) is 4.83. The van der Waals surface area contributed by atoms with Crippen LogP contribution in [-0.4, -0.2) is 32.1 Å². The predicted molar refractivity (Wildman–Crippen MR) is 119 cm³/mol. The zero-order valence-electron chi connectivity index (χ0n) is 17.3. The van der Waals surface area contributed by atoms with Gasteiger partial charge in [-0.15, -0.1) is 0 Å². The molecule has 29 heavy (non-hydrogen) atoms. The fourth-order valence-corrected chi connectivity index (χ4v) is 4.83. The van der Waals surface area contributed by atoms with Crippen molar-refractivity contribution in [1.82, 2.24) is 19.0 Å². The maximum Gasteiger partial charge on any atom is 0.0960 e. The number of benzene rings is 2. The number of fused-ring (bicyclic) bond motifs is 1. The molecule has 2 aromatic heterocycles. The Hall–Kier alpha value is -2.85. The number of likely N-dealkylation sites (tertiary alicyclic amines) is 1. The summed E-state index contributed by atoms with van der Waals surface area (Å²) in [5, 5.41) is 0. The first-order chi connectivity index (χ1) is 14.2. The second-order valence-corrected chi connectivity index (χ2v) is 8.22. The van der Waals surface area contributed by atoms with Crippen molar-refractivity contribution >= 4 is 11.0 Å². The number of hydrogen-bond donors (Lipinski definition) is 0. The number of nitrogens with zero attached hydrogens (tertiary/aromatic N) is 4. The highest BCUT2D eigenvalue weighted by molar-refractivity contribution is 5.75. The van der Waals surface area contributed by atoms with Gasteiger partial charge in [-0.2, -0.15) is 0 Å². The topological polar surface area (TPSA) is 26.0 Å². The molecule has 148 valence electrons. The van der Waals surface area contributed by atoms with Crippen molar-refractivity contribution in [3.05, 3.63) is 83.9 Å². The molecule has 0 unspecified atom stereocenters. The maximum atomic E-state index is 4.58. The van der Waals surface area contributed by atoms with Crippen molar-refractivity contribution in [1.29, 1.82) is 0 Å². The van der Waals surface area contributed by atoms with Gasteiger partial charge in [0.05, 0.1) is 17.4 Å². The molecule has 0 amide bonds. The Morgan fingerprint density at radius 3 is 2.45 bits per heavy atom. The number of aryl methyl sites for hydroxylation is 1. The quantitative estimate of drug-likeness (QED) is 0.478. The number of imidazole rings is 1. The van der Waals surface area contributed by atoms with Gasteiger partial charge >= 0.3 is 0 Å². The van der Waals surface area contributed by atoms with Crippen molar-refractivity contribution in [2.75, 3.05) is 13.1 Å². The van der Waals surface area contributed by atoms with Gasteiger partial charge < -0.3 is 9.13 Å². The molecule has 0 atom stereocenters. The smallest absolute Gasteiger partial charge is 0.0960 e. The molecule has 1 fully saturated rings. The third-order valence-electron chi connectivity index (χ3n) is 6.38. The summed E-state index contributed by atoms with van der Waals surface area (Å²) in [6.07, 6.45) is 4.38. The highest BCUT2D eigenvalue weighted by Gasteiger charge is 2.23. The van der Waals surface area contributed by atoms with E-state index < -0.39 is 0 Å². The number of para-hydroxylation sites is 3. The van der Waals surface area contributed by atoms with Crippen LogP contribution in [0.15, 0.2) is 67.0 Å². The predicted octanol–water partition coefficient (Wildman–Crippen LogP) is 5.28. The van der Waals surface area contributed by atoms with E-state index in [0.717, 1.165) is 25.2 Å². The molecule has 2 aromatic carbocycles. The average molecular weight is 385 g/mol. The molecule has 4 nitrogen and oxygen atoms in total. The number of rotatable bonds is 4. The van der Waals surface area contributed by atoms with Crippen LogP contribution in [0.1, 0.15) is 35.8 Å². The minimum atomic E-state index is 0.551. The van der Waals surface area contributed by atoms with E-state index in [9.17, 15) is 0 Å². The normalized spacial score (nSPS) is 15.9. The van der Waals surface area contributed by atoms with Crippen molar-refractivity contribution in [3.63, 3.8) is 0 Å². The lowest BCUT2D eigenvalue weighted by molar-refractivity contribution is 0.181. The second kappa shape index (κ2) is 7.53. The van der Waals surface area contributed by atoms with E-state index in [0.29, 0.717) is 6.04 Å². The molecule has 1 aliphatic heterocycles. The summed E-state index contributed by atoms with van der Waals surface area (Å²) in [5.74, 6) is 0. The van der Waals surface area contributed by atoms with Gasteiger partial charge in [-0.25, -0.2) is 4.98 Å². The first-order valence-electron chi connectivity index (χ1n) is 10.6. The van der Waals surface area contributed by atoms with Crippen LogP contribution in [0.2, 0.25) is 0 Å². The Morgan fingerprint density at radius 1 is 0.931 bits per heavy atom. The Bertz CT molecular complexity index is 1110. The first-order valence-corrected chi connectivity index (χ1v) is 10.6. The van der Waals surface area contributed by atoms with Gasteiger partial charge in [0.1, 0.15) is 0 Å². The lowest BCUT2D eigenvalue weighted by Gasteiger charge is -2.32. The van der Waals surface area contributed by atoms with E-state index in [-0.39, 0.29) is 0 Å². The highest BCUT2D eigenvalue weighted by Crippen LogP contribution is 2.28. The van der Waals surface area contributed by atoms with Gasteiger partial charge in [-0.3, -0.25) is 4.90 Å². The Kier molecular flexibility index (Phi) is 4.72. The van der Waals surface area contributed by atoms with E-state index in [1.54, 1.807) is 0 Å². The third-order valence-corrected chi connectivity index (χ3v) is 6.38. The van der Waals surface area contributed by atoms with Gasteiger partial charge in [-0.05, 0) is 62.6 Å². The number of piperidine rings is 1. The molecular formula is C25H28N4. The molecule has 5 rings (SSSR count). The average Bonchev–Trinajstić information content (AvgIpc) is 3.30. The standard InChI is InChI=1S/C25H28N4/c1-19-16-21(20(2)29(19)23-8-4-3-5-9-23)17-27-14-12-22(13-15-27)28-18-26-24-10-6-7-11-25(24)28/h3-11,16,18,22H,12-15,17H2,1-2H3. The molecule has 1 aliphatic rings. The lowest BCUT2D eigenvalue weighted by atomic mass is 10.0. The van der Waals surface area contributed by atoms with E-state index in [1.807, 2.05) is 6.33 Å². The Labute approximate surface area is 172 Å². The van der Waals surface area contributed by atoms with Gasteiger partial charge in [0.25, 0.3) is 0 Å². The summed E-state index contributed by atoms with van der Waals surface area (Å²) in [4.78, 5) is 7.18. The monoisotopic (exact) mass is 384 g/mol. The molecule has 3 heterocycles. The minimum absolute atomic E-state index is 0.551. The van der Waals surface area contributed by atoms with Gasteiger partial charge in [-0.1, -0.05) is 30.3 Å². The van der Waals surface area contributed by atoms with Crippen LogP contribution in [0.4, 0.5) is 0 Å². The maximum absolute atomic E-state index is 4.58. The SMILES string of the molecule is Cc1cc(CN2CCC(n3cnc4ccccc43)CC2)c(C)n1-c1ccccc1. The number of hydrogen-bond acceptors (Lipinski definition) is 2. The summed E-state index contributed by atoms with van der Waals surface area (Å²) in [5.41, 5.74) is 7.72. The van der Waals surface area contributed by atoms with Crippen LogP contribution < -0.4 is 0 Å². The zero-order chi connectivity index (χ0) is 19.8. The highest BCUT2D eigenvalue weighted by atomic mass is 15.2. The minimum Gasteiger partial charge on any atom is -0.327 e. The Morgan fingerprint density at radius 2 is 1.66 bits per heavy atom. The van der Waals surface area contributed by atoms with Crippen molar-refractivity contribution in [3.8, 4) is 5.69 Å². The van der Waals surface area contributed by atoms with Crippen LogP contribution in [0.3, 0.4) is 0 Å². The molecule has 0 aliphatic carbocycles. The van der Waals surface area contributed by atoms with Gasteiger partial charge in [0.2, 0.25) is 0 Å². The molecule has 0 radical (unpaired) electrons. The molecular weight excluding hydrogens is 356 g/mol. The summed E-state index contributed by atoms with van der Waals surface area (Å²) in [7, 11) is 0. The van der Waals surface area contributed by atoms with Gasteiger partial charge in [0.15, 0.2) is 0 Å². The van der Waals surface area contributed by atoms with Crippen molar-refractivity contribution < 1.29 is 0 Å². The van der Waals surface area contributed by atoms with E-state index >= 15 is 0 Å². The van der Waals surface area contributed by atoms with Gasteiger partial charge in [0, 0.05) is 42.8 Å². The number of aromatic nitrogens is 3. The van der Waals surface area contributed by atoms with E-state index in [2.05, 4.69) is 93.5 Å². The van der Waals surface area contributed by atoms with Crippen LogP contribution in [0.25, 0.3) is 16.7 Å².